The first-order chi connectivity index (χ1) is 9.97. The van der Waals surface area contributed by atoms with E-state index in [-0.39, 0.29) is 0 Å². The second-order valence-electron chi connectivity index (χ2n) is 4.99. The summed E-state index contributed by atoms with van der Waals surface area (Å²) in [4.78, 5) is 8.81. The van der Waals surface area contributed by atoms with Gasteiger partial charge in [0.05, 0.1) is 12.1 Å². The van der Waals surface area contributed by atoms with E-state index in [1.165, 1.54) is 0 Å². The standard InChI is InChI=1S/C15H19ClN4O/c1-9(2)17-14-7-10(3)18-15(20-14)19-11-5-6-13(21-4)12(16)8-11/h5-9H,1-4H3,(H2,17,18,19,20). The third-order valence-electron chi connectivity index (χ3n) is 2.70. The molecule has 0 aliphatic rings. The quantitative estimate of drug-likeness (QED) is 0.874. The third-order valence-corrected chi connectivity index (χ3v) is 2.99. The van der Waals surface area contributed by atoms with Crippen LogP contribution in [0.15, 0.2) is 24.3 Å². The minimum Gasteiger partial charge on any atom is -0.495 e. The van der Waals surface area contributed by atoms with E-state index in [0.717, 1.165) is 17.2 Å². The number of nitrogens with one attached hydrogen (secondary N) is 2. The Morgan fingerprint density at radius 3 is 2.57 bits per heavy atom. The Morgan fingerprint density at radius 2 is 1.95 bits per heavy atom. The number of hydrogen-bond donors (Lipinski definition) is 2. The first-order valence-corrected chi connectivity index (χ1v) is 7.08. The van der Waals surface area contributed by atoms with Crippen molar-refractivity contribution in [3.05, 3.63) is 35.0 Å². The van der Waals surface area contributed by atoms with Crippen molar-refractivity contribution < 1.29 is 4.74 Å². The fourth-order valence-electron chi connectivity index (χ4n) is 1.87. The van der Waals surface area contributed by atoms with E-state index in [9.17, 15) is 0 Å². The molecule has 6 heteroatoms. The summed E-state index contributed by atoms with van der Waals surface area (Å²) in [7, 11) is 1.59. The second-order valence-corrected chi connectivity index (χ2v) is 5.40. The molecule has 1 heterocycles. The molecule has 2 N–H and O–H groups in total. The average Bonchev–Trinajstić information content (AvgIpc) is 2.37. The molecule has 0 unspecified atom stereocenters. The molecule has 5 nitrogen and oxygen atoms in total. The number of aromatic nitrogens is 2. The van der Waals surface area contributed by atoms with Gasteiger partial charge in [0.1, 0.15) is 11.6 Å². The summed E-state index contributed by atoms with van der Waals surface area (Å²) in [6.07, 6.45) is 0. The maximum atomic E-state index is 6.11. The van der Waals surface area contributed by atoms with Crippen LogP contribution in [0, 0.1) is 6.92 Å². The summed E-state index contributed by atoms with van der Waals surface area (Å²) in [6, 6.07) is 7.66. The smallest absolute Gasteiger partial charge is 0.229 e. The topological polar surface area (TPSA) is 59.1 Å². The van der Waals surface area contributed by atoms with E-state index >= 15 is 0 Å². The van der Waals surface area contributed by atoms with Crippen LogP contribution in [0.4, 0.5) is 17.5 Å². The Bertz CT molecular complexity index is 631. The summed E-state index contributed by atoms with van der Waals surface area (Å²) < 4.78 is 5.13. The Kier molecular flexibility index (Phi) is 4.85. The van der Waals surface area contributed by atoms with E-state index in [4.69, 9.17) is 16.3 Å². The number of halogens is 1. The minimum atomic E-state index is 0.308. The largest absolute Gasteiger partial charge is 0.495 e. The first-order valence-electron chi connectivity index (χ1n) is 6.70. The van der Waals surface area contributed by atoms with Crippen LogP contribution >= 0.6 is 11.6 Å². The van der Waals surface area contributed by atoms with Gasteiger partial charge in [-0.05, 0) is 39.0 Å². The molecule has 0 atom stereocenters. The van der Waals surface area contributed by atoms with Gasteiger partial charge < -0.3 is 15.4 Å². The van der Waals surface area contributed by atoms with Crippen molar-refractivity contribution in [1.29, 1.82) is 0 Å². The summed E-state index contributed by atoms with van der Waals surface area (Å²) in [5.41, 5.74) is 1.69. The van der Waals surface area contributed by atoms with Gasteiger partial charge in [-0.15, -0.1) is 0 Å². The molecule has 0 radical (unpaired) electrons. The highest BCUT2D eigenvalue weighted by molar-refractivity contribution is 6.32. The molecule has 2 aromatic rings. The van der Waals surface area contributed by atoms with Crippen molar-refractivity contribution in [2.45, 2.75) is 26.8 Å². The highest BCUT2D eigenvalue weighted by atomic mass is 35.5. The highest BCUT2D eigenvalue weighted by Crippen LogP contribution is 2.28. The molecule has 0 aliphatic heterocycles. The summed E-state index contributed by atoms with van der Waals surface area (Å²) in [6.45, 7) is 6.06. The fourth-order valence-corrected chi connectivity index (χ4v) is 2.13. The van der Waals surface area contributed by atoms with E-state index in [2.05, 4.69) is 34.4 Å². The average molecular weight is 307 g/mol. The predicted molar refractivity (Wildman–Crippen MR) is 86.8 cm³/mol. The van der Waals surface area contributed by atoms with Gasteiger partial charge in [-0.2, -0.15) is 4.98 Å². The summed E-state index contributed by atoms with van der Waals surface area (Å²) in [5, 5.41) is 6.95. The van der Waals surface area contributed by atoms with Gasteiger partial charge >= 0.3 is 0 Å². The van der Waals surface area contributed by atoms with Gasteiger partial charge in [0, 0.05) is 23.5 Å². The van der Waals surface area contributed by atoms with Crippen LogP contribution < -0.4 is 15.4 Å². The van der Waals surface area contributed by atoms with E-state index in [1.54, 1.807) is 19.2 Å². The lowest BCUT2D eigenvalue weighted by Gasteiger charge is -2.12. The zero-order valence-electron chi connectivity index (χ0n) is 12.6. The van der Waals surface area contributed by atoms with Crippen LogP contribution in [0.3, 0.4) is 0 Å². The second kappa shape index (κ2) is 6.63. The lowest BCUT2D eigenvalue weighted by Crippen LogP contribution is -2.12. The number of benzene rings is 1. The van der Waals surface area contributed by atoms with Gasteiger partial charge in [0.15, 0.2) is 0 Å². The third kappa shape index (κ3) is 4.23. The molecular weight excluding hydrogens is 288 g/mol. The number of rotatable bonds is 5. The van der Waals surface area contributed by atoms with Crippen molar-refractivity contribution in [1.82, 2.24) is 9.97 Å². The van der Waals surface area contributed by atoms with Crippen molar-refractivity contribution in [2.24, 2.45) is 0 Å². The van der Waals surface area contributed by atoms with Crippen molar-refractivity contribution in [3.8, 4) is 5.75 Å². The van der Waals surface area contributed by atoms with Gasteiger partial charge in [0.25, 0.3) is 0 Å². The first kappa shape index (κ1) is 15.4. The van der Waals surface area contributed by atoms with Crippen LogP contribution in [0.2, 0.25) is 5.02 Å². The molecule has 0 aliphatic carbocycles. The summed E-state index contributed by atoms with van der Waals surface area (Å²) in [5.74, 6) is 1.95. The van der Waals surface area contributed by atoms with Crippen LogP contribution in [-0.2, 0) is 0 Å². The SMILES string of the molecule is COc1ccc(Nc2nc(C)cc(NC(C)C)n2)cc1Cl. The van der Waals surface area contributed by atoms with E-state index < -0.39 is 0 Å². The van der Waals surface area contributed by atoms with Crippen LogP contribution in [0.5, 0.6) is 5.75 Å². The number of ether oxygens (including phenoxy) is 1. The molecular formula is C15H19ClN4O. The van der Waals surface area contributed by atoms with Crippen molar-refractivity contribution >= 4 is 29.1 Å². The van der Waals surface area contributed by atoms with Gasteiger partial charge in [-0.25, -0.2) is 4.98 Å². The molecule has 0 spiro atoms. The van der Waals surface area contributed by atoms with Crippen LogP contribution in [0.1, 0.15) is 19.5 Å². The molecule has 0 bridgehead atoms. The Balaban J connectivity index is 2.22. The monoisotopic (exact) mass is 306 g/mol. The molecule has 0 saturated heterocycles. The van der Waals surface area contributed by atoms with Crippen molar-refractivity contribution in [3.63, 3.8) is 0 Å². The lowest BCUT2D eigenvalue weighted by atomic mass is 10.3. The zero-order valence-corrected chi connectivity index (χ0v) is 13.3. The van der Waals surface area contributed by atoms with E-state index in [1.807, 2.05) is 19.1 Å². The Morgan fingerprint density at radius 1 is 1.19 bits per heavy atom. The minimum absolute atomic E-state index is 0.308. The molecule has 1 aromatic heterocycles. The zero-order chi connectivity index (χ0) is 15.4. The highest BCUT2D eigenvalue weighted by Gasteiger charge is 2.06. The van der Waals surface area contributed by atoms with Gasteiger partial charge in [0.2, 0.25) is 5.95 Å². The van der Waals surface area contributed by atoms with Gasteiger partial charge in [-0.3, -0.25) is 0 Å². The molecule has 2 rings (SSSR count). The molecule has 21 heavy (non-hydrogen) atoms. The maximum absolute atomic E-state index is 6.11. The number of anilines is 3. The number of hydrogen-bond acceptors (Lipinski definition) is 5. The van der Waals surface area contributed by atoms with Crippen molar-refractivity contribution in [2.75, 3.05) is 17.7 Å². The van der Waals surface area contributed by atoms with Crippen LogP contribution in [-0.4, -0.2) is 23.1 Å². The number of nitrogens with zero attached hydrogens (tertiary/aromatic N) is 2. The molecule has 0 fully saturated rings. The Hall–Kier alpha value is -2.01. The number of aryl methyl sites for hydroxylation is 1. The Labute approximate surface area is 129 Å². The molecule has 112 valence electrons. The normalized spacial score (nSPS) is 10.6. The summed E-state index contributed by atoms with van der Waals surface area (Å²) >= 11 is 6.11. The molecule has 0 saturated carbocycles. The maximum Gasteiger partial charge on any atom is 0.229 e. The lowest BCUT2D eigenvalue weighted by molar-refractivity contribution is 0.415. The van der Waals surface area contributed by atoms with E-state index in [0.29, 0.717) is 22.8 Å². The van der Waals surface area contributed by atoms with Gasteiger partial charge in [-0.1, -0.05) is 11.6 Å². The van der Waals surface area contributed by atoms with Crippen LogP contribution in [0.25, 0.3) is 0 Å². The number of methoxy groups -OCH3 is 1. The fraction of sp³-hybridized carbons (Fsp3) is 0.333. The predicted octanol–water partition coefficient (Wildman–Crippen LogP) is 4.01. The molecule has 0 amide bonds. The molecule has 1 aromatic carbocycles.